The normalized spacial score (nSPS) is 12.8. The van der Waals surface area contributed by atoms with Crippen molar-refractivity contribution in [2.75, 3.05) is 12.3 Å². The van der Waals surface area contributed by atoms with E-state index < -0.39 is 69.4 Å². The second kappa shape index (κ2) is 12.3. The van der Waals surface area contributed by atoms with Crippen molar-refractivity contribution in [2.24, 2.45) is 5.73 Å². The molecule has 0 unspecified atom stereocenters. The van der Waals surface area contributed by atoms with Crippen LogP contribution < -0.4 is 16.4 Å². The number of carbonyl (C=O) groups is 4. The van der Waals surface area contributed by atoms with Crippen molar-refractivity contribution in [3.8, 4) is 0 Å². The molecular formula is C17H21N5O10S. The zero-order valence-electron chi connectivity index (χ0n) is 16.9. The number of carbonyl (C=O) groups excluding carboxylic acids is 2. The van der Waals surface area contributed by atoms with E-state index in [1.165, 1.54) is 18.2 Å². The molecule has 33 heavy (non-hydrogen) atoms. The predicted molar refractivity (Wildman–Crippen MR) is 112 cm³/mol. The number of hydrogen-bond donors (Lipinski definition) is 5. The van der Waals surface area contributed by atoms with Crippen LogP contribution in [0.4, 0.5) is 0 Å². The Morgan fingerprint density at radius 2 is 1.67 bits per heavy atom. The molecule has 1 aromatic carbocycles. The summed E-state index contributed by atoms with van der Waals surface area (Å²) in [4.78, 5) is 64.2. The molecule has 1 aromatic rings. The van der Waals surface area contributed by atoms with E-state index in [4.69, 9.17) is 15.9 Å². The molecule has 0 aliphatic heterocycles. The summed E-state index contributed by atoms with van der Waals surface area (Å²) < 4.78 is 0. The average molecular weight is 487 g/mol. The zero-order chi connectivity index (χ0) is 25.2. The summed E-state index contributed by atoms with van der Waals surface area (Å²) in [5.41, 5.74) is 5.01. The van der Waals surface area contributed by atoms with Crippen LogP contribution in [0.2, 0.25) is 0 Å². The van der Waals surface area contributed by atoms with E-state index in [0.29, 0.717) is 0 Å². The third-order valence-electron chi connectivity index (χ3n) is 4.16. The largest absolute Gasteiger partial charge is 0.532 e. The molecule has 0 saturated heterocycles. The molecule has 15 nitrogen and oxygen atoms in total. The molecular weight excluding hydrogens is 466 g/mol. The van der Waals surface area contributed by atoms with Crippen LogP contribution in [-0.2, 0) is 24.2 Å². The summed E-state index contributed by atoms with van der Waals surface area (Å²) in [6.45, 7) is -0.839. The lowest BCUT2D eigenvalue weighted by Gasteiger charge is -2.21. The lowest BCUT2D eigenvalue weighted by molar-refractivity contribution is -0.774. The topological polar surface area (TPSA) is 245 Å². The highest BCUT2D eigenvalue weighted by molar-refractivity contribution is 7.99. The molecule has 0 saturated carbocycles. The minimum atomic E-state index is -2.91. The van der Waals surface area contributed by atoms with E-state index in [1.54, 1.807) is 0 Å². The van der Waals surface area contributed by atoms with Crippen LogP contribution in [-0.4, -0.2) is 68.2 Å². The molecule has 0 heterocycles. The second-order valence-electron chi connectivity index (χ2n) is 6.51. The van der Waals surface area contributed by atoms with Gasteiger partial charge >= 0.3 is 16.9 Å². The Balaban J connectivity index is 3.11. The minimum Gasteiger partial charge on any atom is -0.480 e. The fourth-order valence-corrected chi connectivity index (χ4v) is 3.61. The number of carboxylic acid groups (broad SMARTS) is 2. The van der Waals surface area contributed by atoms with Crippen molar-refractivity contribution >= 4 is 35.5 Å². The van der Waals surface area contributed by atoms with Gasteiger partial charge in [-0.1, -0.05) is 18.2 Å². The van der Waals surface area contributed by atoms with Crippen molar-refractivity contribution < 1.29 is 39.2 Å². The van der Waals surface area contributed by atoms with Crippen LogP contribution in [0.1, 0.15) is 18.4 Å². The van der Waals surface area contributed by atoms with Gasteiger partial charge in [0, 0.05) is 23.9 Å². The first-order chi connectivity index (χ1) is 15.4. The summed E-state index contributed by atoms with van der Waals surface area (Å²) in [5.74, 6) is -5.38. The first-order valence-electron chi connectivity index (χ1n) is 9.17. The van der Waals surface area contributed by atoms with Crippen LogP contribution in [0.3, 0.4) is 0 Å². The molecule has 0 fully saturated rings. The Bertz CT molecular complexity index is 899. The molecule has 2 atom stereocenters. The van der Waals surface area contributed by atoms with Gasteiger partial charge in [0.1, 0.15) is 34.0 Å². The lowest BCUT2D eigenvalue weighted by Crippen LogP contribution is -2.51. The van der Waals surface area contributed by atoms with Gasteiger partial charge in [-0.2, -0.15) is 0 Å². The number of nitrogens with one attached hydrogen (secondary N) is 2. The minimum absolute atomic E-state index is 0.140. The average Bonchev–Trinajstić information content (AvgIpc) is 2.75. The van der Waals surface area contributed by atoms with Crippen molar-refractivity contribution in [3.05, 3.63) is 56.1 Å². The molecule has 0 bridgehead atoms. The summed E-state index contributed by atoms with van der Waals surface area (Å²) >= 11 is 0.140. The number of thioether (sulfide) groups is 1. The van der Waals surface area contributed by atoms with Gasteiger partial charge in [0.05, 0.1) is 0 Å². The number of amides is 2. The maximum absolute atomic E-state index is 12.4. The number of aliphatic carboxylic acids is 2. The first-order valence-corrected chi connectivity index (χ1v) is 10.2. The van der Waals surface area contributed by atoms with Gasteiger partial charge in [0.25, 0.3) is 0 Å². The van der Waals surface area contributed by atoms with Gasteiger partial charge < -0.3 is 26.6 Å². The Kier molecular flexibility index (Phi) is 10.2. The zero-order valence-corrected chi connectivity index (χ0v) is 17.7. The number of benzene rings is 1. The third-order valence-corrected chi connectivity index (χ3v) is 5.60. The second-order valence-corrected chi connectivity index (χ2v) is 7.71. The van der Waals surface area contributed by atoms with E-state index in [2.05, 4.69) is 5.32 Å². The molecule has 2 amide bonds. The van der Waals surface area contributed by atoms with E-state index in [0.717, 1.165) is 12.1 Å². The number of hydrogen-bond acceptors (Lipinski definition) is 10. The van der Waals surface area contributed by atoms with Crippen LogP contribution in [0, 0.1) is 20.2 Å². The smallest absolute Gasteiger partial charge is 0.480 e. The molecule has 0 radical (unpaired) electrons. The summed E-state index contributed by atoms with van der Waals surface area (Å²) in [6, 6.07) is 3.53. The molecule has 180 valence electrons. The maximum atomic E-state index is 12.4. The van der Waals surface area contributed by atoms with Crippen LogP contribution in [0.25, 0.3) is 0 Å². The van der Waals surface area contributed by atoms with Crippen LogP contribution in [0.15, 0.2) is 30.3 Å². The van der Waals surface area contributed by atoms with E-state index in [1.807, 2.05) is 5.32 Å². The maximum Gasteiger partial charge on any atom is 0.532 e. The summed E-state index contributed by atoms with van der Waals surface area (Å²) in [5, 5.41) is 45.1. The van der Waals surface area contributed by atoms with Gasteiger partial charge in [-0.3, -0.25) is 39.4 Å². The van der Waals surface area contributed by atoms with Crippen molar-refractivity contribution in [1.29, 1.82) is 0 Å². The van der Waals surface area contributed by atoms with E-state index in [-0.39, 0.29) is 23.7 Å². The number of nitro groups is 2. The molecule has 6 N–H and O–H groups in total. The fourth-order valence-electron chi connectivity index (χ4n) is 2.47. The van der Waals surface area contributed by atoms with Gasteiger partial charge in [-0.05, 0) is 18.6 Å². The number of carboxylic acids is 2. The molecule has 1 rings (SSSR count). The Morgan fingerprint density at radius 1 is 1.09 bits per heavy atom. The quantitative estimate of drug-likeness (QED) is 0.120. The summed E-state index contributed by atoms with van der Waals surface area (Å²) in [6.07, 6.45) is -0.731. The van der Waals surface area contributed by atoms with Gasteiger partial charge in [-0.15, -0.1) is 0 Å². The van der Waals surface area contributed by atoms with Crippen LogP contribution >= 0.6 is 11.8 Å². The Morgan fingerprint density at radius 3 is 2.15 bits per heavy atom. The molecule has 0 aliphatic rings. The SMILES string of the molecule is N[C@@H](CCC(=O)N[C@@H](CSC(c1ccccc1)([N+](=O)[O-])[N+](=O)[O-])C(=O)NCC(=O)O)C(=O)O. The molecule has 16 heteroatoms. The van der Waals surface area contributed by atoms with Gasteiger partial charge in [0.15, 0.2) is 0 Å². The van der Waals surface area contributed by atoms with Gasteiger partial charge in [0.2, 0.25) is 11.8 Å². The first kappa shape index (κ1) is 27.2. The number of nitrogens with two attached hydrogens (primary N) is 1. The summed E-state index contributed by atoms with van der Waals surface area (Å²) in [7, 11) is 0. The van der Waals surface area contributed by atoms with Crippen molar-refractivity contribution in [1.82, 2.24) is 10.6 Å². The highest BCUT2D eigenvalue weighted by Crippen LogP contribution is 2.38. The highest BCUT2D eigenvalue weighted by atomic mass is 32.2. The van der Waals surface area contributed by atoms with Crippen molar-refractivity contribution in [2.45, 2.75) is 29.9 Å². The monoisotopic (exact) mass is 487 g/mol. The Labute approximate surface area is 190 Å². The van der Waals surface area contributed by atoms with E-state index in [9.17, 15) is 39.4 Å². The molecule has 0 aromatic heterocycles. The van der Waals surface area contributed by atoms with Crippen LogP contribution in [0.5, 0.6) is 0 Å². The third kappa shape index (κ3) is 7.69. The van der Waals surface area contributed by atoms with Gasteiger partial charge in [-0.25, -0.2) is 0 Å². The lowest BCUT2D eigenvalue weighted by atomic mass is 10.1. The highest BCUT2D eigenvalue weighted by Gasteiger charge is 2.59. The predicted octanol–water partition coefficient (Wildman–Crippen LogP) is -1.04. The fraction of sp³-hybridized carbons (Fsp3) is 0.412. The number of rotatable bonds is 14. The number of nitrogens with zero attached hydrogens (tertiary/aromatic N) is 2. The van der Waals surface area contributed by atoms with E-state index >= 15 is 0 Å². The molecule has 0 spiro atoms. The molecule has 0 aliphatic carbocycles. The standard InChI is InChI=1S/C17H21N5O10S/c18-11(16(27)28)6-7-13(23)20-12(15(26)19-8-14(24)25)9-33-17(21(29)30,22(31)32)10-4-2-1-3-5-10/h1-5,11-12H,6-9,18H2,(H,19,26)(H,20,23)(H,24,25)(H,27,28)/t11-,12-/m0/s1. The Hall–Kier alpha value is -3.79. The van der Waals surface area contributed by atoms with Crippen molar-refractivity contribution in [3.63, 3.8) is 0 Å².